The van der Waals surface area contributed by atoms with Crippen LogP contribution in [0.3, 0.4) is 0 Å². The standard InChI is InChI=1S/C34H28N4O4/c39-38(40)29-17-14-27(15-18-29)30-22-31(37(36-30)34-13-7-8-20-35-34)28-16-19-32(41-23-25-9-3-1-4-10-25)33(21-28)42-24-26-11-5-2-6-12-26/h1-21,31H,22-24H2. The molecule has 0 spiro atoms. The second kappa shape index (κ2) is 12.3. The van der Waals surface area contributed by atoms with E-state index in [0.29, 0.717) is 37.0 Å². The van der Waals surface area contributed by atoms with Crippen molar-refractivity contribution in [3.8, 4) is 11.5 Å². The highest BCUT2D eigenvalue weighted by atomic mass is 16.6. The molecule has 0 bridgehead atoms. The second-order valence-corrected chi connectivity index (χ2v) is 9.86. The van der Waals surface area contributed by atoms with E-state index in [9.17, 15) is 10.1 Å². The summed E-state index contributed by atoms with van der Waals surface area (Å²) in [4.78, 5) is 15.3. The average Bonchev–Trinajstić information content (AvgIpc) is 3.50. The molecule has 1 unspecified atom stereocenters. The number of hydrazone groups is 1. The van der Waals surface area contributed by atoms with Gasteiger partial charge in [-0.3, -0.25) is 10.1 Å². The lowest BCUT2D eigenvalue weighted by molar-refractivity contribution is -0.384. The van der Waals surface area contributed by atoms with Crippen LogP contribution in [0, 0.1) is 10.1 Å². The Morgan fingerprint density at radius 2 is 1.40 bits per heavy atom. The Morgan fingerprint density at radius 3 is 2.02 bits per heavy atom. The van der Waals surface area contributed by atoms with Gasteiger partial charge in [0.2, 0.25) is 0 Å². The lowest BCUT2D eigenvalue weighted by Crippen LogP contribution is -2.19. The molecule has 42 heavy (non-hydrogen) atoms. The van der Waals surface area contributed by atoms with Crippen LogP contribution in [-0.2, 0) is 13.2 Å². The molecular formula is C34H28N4O4. The number of nitro groups is 1. The van der Waals surface area contributed by atoms with Crippen molar-refractivity contribution in [2.45, 2.75) is 25.7 Å². The lowest BCUT2D eigenvalue weighted by atomic mass is 9.98. The number of aromatic nitrogens is 1. The smallest absolute Gasteiger partial charge is 0.269 e. The van der Waals surface area contributed by atoms with Gasteiger partial charge in [-0.2, -0.15) is 5.10 Å². The topological polar surface area (TPSA) is 90.1 Å². The summed E-state index contributed by atoms with van der Waals surface area (Å²) in [6.07, 6.45) is 2.32. The van der Waals surface area contributed by atoms with E-state index in [1.807, 2.05) is 102 Å². The first-order valence-electron chi connectivity index (χ1n) is 13.6. The first-order chi connectivity index (χ1) is 20.6. The largest absolute Gasteiger partial charge is 0.485 e. The minimum absolute atomic E-state index is 0.0433. The molecule has 1 aromatic heterocycles. The van der Waals surface area contributed by atoms with Crippen LogP contribution in [-0.4, -0.2) is 15.6 Å². The maximum absolute atomic E-state index is 11.2. The van der Waals surface area contributed by atoms with Crippen molar-refractivity contribution in [1.82, 2.24) is 4.98 Å². The van der Waals surface area contributed by atoms with Crippen molar-refractivity contribution >= 4 is 17.2 Å². The second-order valence-electron chi connectivity index (χ2n) is 9.86. The number of pyridine rings is 1. The Labute approximate surface area is 243 Å². The monoisotopic (exact) mass is 556 g/mol. The molecule has 4 aromatic carbocycles. The van der Waals surface area contributed by atoms with Crippen molar-refractivity contribution < 1.29 is 14.4 Å². The van der Waals surface area contributed by atoms with Crippen LogP contribution in [0.25, 0.3) is 0 Å². The minimum Gasteiger partial charge on any atom is -0.485 e. The van der Waals surface area contributed by atoms with Gasteiger partial charge >= 0.3 is 0 Å². The lowest BCUT2D eigenvalue weighted by Gasteiger charge is -2.24. The van der Waals surface area contributed by atoms with E-state index in [1.54, 1.807) is 18.3 Å². The molecule has 8 heteroatoms. The fourth-order valence-corrected chi connectivity index (χ4v) is 4.86. The Bertz CT molecular complexity index is 1680. The van der Waals surface area contributed by atoms with Gasteiger partial charge < -0.3 is 9.47 Å². The molecule has 208 valence electrons. The minimum atomic E-state index is -0.401. The highest BCUT2D eigenvalue weighted by Gasteiger charge is 2.31. The number of non-ortho nitro benzene ring substituents is 1. The van der Waals surface area contributed by atoms with Gasteiger partial charge in [0, 0.05) is 24.8 Å². The summed E-state index contributed by atoms with van der Waals surface area (Å²) in [5.74, 6) is 1.99. The van der Waals surface area contributed by atoms with E-state index >= 15 is 0 Å². The van der Waals surface area contributed by atoms with Gasteiger partial charge in [-0.25, -0.2) is 9.99 Å². The number of benzene rings is 4. The van der Waals surface area contributed by atoms with Crippen LogP contribution < -0.4 is 14.5 Å². The van der Waals surface area contributed by atoms with Crippen LogP contribution in [0.15, 0.2) is 133 Å². The number of hydrogen-bond acceptors (Lipinski definition) is 7. The Hall–Kier alpha value is -5.50. The van der Waals surface area contributed by atoms with Gasteiger partial charge in [0.05, 0.1) is 16.7 Å². The summed E-state index contributed by atoms with van der Waals surface area (Å²) in [7, 11) is 0. The fourth-order valence-electron chi connectivity index (χ4n) is 4.86. The van der Waals surface area contributed by atoms with Crippen LogP contribution in [0.2, 0.25) is 0 Å². The Morgan fingerprint density at radius 1 is 0.762 bits per heavy atom. The van der Waals surface area contributed by atoms with Crippen molar-refractivity contribution in [1.29, 1.82) is 0 Å². The summed E-state index contributed by atoms with van der Waals surface area (Å²) in [5, 5.41) is 18.0. The molecule has 0 amide bonds. The van der Waals surface area contributed by atoms with E-state index in [4.69, 9.17) is 14.6 Å². The number of hydrogen-bond donors (Lipinski definition) is 0. The third-order valence-corrected chi connectivity index (χ3v) is 7.03. The van der Waals surface area contributed by atoms with Crippen molar-refractivity contribution in [2.24, 2.45) is 5.10 Å². The van der Waals surface area contributed by atoms with Gasteiger partial charge in [0.25, 0.3) is 5.69 Å². The zero-order valence-electron chi connectivity index (χ0n) is 22.7. The number of ether oxygens (including phenoxy) is 2. The molecule has 1 aliphatic heterocycles. The van der Waals surface area contributed by atoms with Crippen LogP contribution in [0.4, 0.5) is 11.5 Å². The number of nitrogens with zero attached hydrogens (tertiary/aromatic N) is 4. The summed E-state index contributed by atoms with van der Waals surface area (Å²) >= 11 is 0. The molecule has 0 saturated carbocycles. The zero-order valence-corrected chi connectivity index (χ0v) is 22.7. The summed E-state index contributed by atoms with van der Waals surface area (Å²) < 4.78 is 12.6. The summed E-state index contributed by atoms with van der Waals surface area (Å²) in [6, 6.07) is 38.0. The molecule has 2 heterocycles. The maximum Gasteiger partial charge on any atom is 0.269 e. The van der Waals surface area contributed by atoms with Crippen molar-refractivity contribution in [3.05, 3.63) is 160 Å². The molecule has 0 N–H and O–H groups in total. The van der Waals surface area contributed by atoms with Crippen LogP contribution >= 0.6 is 0 Å². The van der Waals surface area contributed by atoms with Crippen molar-refractivity contribution in [3.63, 3.8) is 0 Å². The molecule has 0 radical (unpaired) electrons. The quantitative estimate of drug-likeness (QED) is 0.131. The predicted molar refractivity (Wildman–Crippen MR) is 162 cm³/mol. The SMILES string of the molecule is O=[N+]([O-])c1ccc(C2=NN(c3ccccn3)C(c3ccc(OCc4ccccc4)c(OCc4ccccc4)c3)C2)cc1. The van der Waals surface area contributed by atoms with Gasteiger partial charge in [-0.1, -0.05) is 72.8 Å². The first kappa shape index (κ1) is 26.7. The van der Waals surface area contributed by atoms with E-state index in [1.165, 1.54) is 12.1 Å². The zero-order chi connectivity index (χ0) is 28.7. The fraction of sp³-hybridized carbons (Fsp3) is 0.118. The van der Waals surface area contributed by atoms with Crippen LogP contribution in [0.1, 0.15) is 34.7 Å². The molecular weight excluding hydrogens is 528 g/mol. The summed E-state index contributed by atoms with van der Waals surface area (Å²) in [5.41, 5.74) is 4.79. The Kier molecular flexibility index (Phi) is 7.85. The summed E-state index contributed by atoms with van der Waals surface area (Å²) in [6.45, 7) is 0.809. The molecule has 0 aliphatic carbocycles. The highest BCUT2D eigenvalue weighted by molar-refractivity contribution is 6.03. The molecule has 0 saturated heterocycles. The van der Waals surface area contributed by atoms with Gasteiger partial charge in [0.1, 0.15) is 19.0 Å². The molecule has 0 fully saturated rings. The molecule has 5 aromatic rings. The van der Waals surface area contributed by atoms with Gasteiger partial charge in [0.15, 0.2) is 11.5 Å². The maximum atomic E-state index is 11.2. The predicted octanol–water partition coefficient (Wildman–Crippen LogP) is 7.50. The van der Waals surface area contributed by atoms with E-state index in [2.05, 4.69) is 4.98 Å². The molecule has 6 rings (SSSR count). The average molecular weight is 557 g/mol. The van der Waals surface area contributed by atoms with Gasteiger partial charge in [-0.05, 0) is 58.7 Å². The third-order valence-electron chi connectivity index (χ3n) is 7.03. The number of nitro benzene ring substituents is 1. The Balaban J connectivity index is 1.32. The first-order valence-corrected chi connectivity index (χ1v) is 13.6. The van der Waals surface area contributed by atoms with E-state index in [0.717, 1.165) is 28.0 Å². The van der Waals surface area contributed by atoms with Gasteiger partial charge in [-0.15, -0.1) is 0 Å². The number of rotatable bonds is 10. The molecule has 8 nitrogen and oxygen atoms in total. The highest BCUT2D eigenvalue weighted by Crippen LogP contribution is 2.40. The number of anilines is 1. The van der Waals surface area contributed by atoms with Crippen molar-refractivity contribution in [2.75, 3.05) is 5.01 Å². The molecule has 1 aliphatic rings. The normalized spacial score (nSPS) is 14.3. The molecule has 1 atom stereocenters. The van der Waals surface area contributed by atoms with Crippen LogP contribution in [0.5, 0.6) is 11.5 Å². The third kappa shape index (κ3) is 6.13. The van der Waals surface area contributed by atoms with E-state index < -0.39 is 4.92 Å². The van der Waals surface area contributed by atoms with E-state index in [-0.39, 0.29) is 11.7 Å².